The van der Waals surface area contributed by atoms with Crippen LogP contribution in [0.5, 0.6) is 0 Å². The van der Waals surface area contributed by atoms with E-state index in [2.05, 4.69) is 13.8 Å². The molecule has 3 nitrogen and oxygen atoms in total. The molecule has 0 fully saturated rings. The summed E-state index contributed by atoms with van der Waals surface area (Å²) in [7, 11) is -1.11. The molecule has 0 spiro atoms. The van der Waals surface area contributed by atoms with Gasteiger partial charge in [0.25, 0.3) is 0 Å². The topological polar surface area (TPSA) is 27.7 Å². The molecule has 0 N–H and O–H groups in total. The van der Waals surface area contributed by atoms with Crippen LogP contribution in [0.2, 0.25) is 0 Å². The molecule has 0 aliphatic carbocycles. The Labute approximate surface area is 102 Å². The minimum absolute atomic E-state index is 0.644. The van der Waals surface area contributed by atoms with Gasteiger partial charge in [0.2, 0.25) is 0 Å². The fourth-order valence-electron chi connectivity index (χ4n) is 1.39. The van der Waals surface area contributed by atoms with Crippen LogP contribution in [0.3, 0.4) is 0 Å². The van der Waals surface area contributed by atoms with Crippen LogP contribution in [0.15, 0.2) is 0 Å². The van der Waals surface area contributed by atoms with Gasteiger partial charge in [0.1, 0.15) is 0 Å². The second kappa shape index (κ2) is 11.8. The Kier molecular flexibility index (Phi) is 12.0. The molecule has 0 heterocycles. The summed E-state index contributed by atoms with van der Waals surface area (Å²) in [6.07, 6.45) is 4.95. The third kappa shape index (κ3) is 8.46. The summed E-state index contributed by atoms with van der Waals surface area (Å²) in [6.45, 7) is 10.4. The highest BCUT2D eigenvalue weighted by Crippen LogP contribution is 2.40. The van der Waals surface area contributed by atoms with Gasteiger partial charge in [-0.2, -0.15) is 0 Å². The molecule has 0 saturated heterocycles. The second-order valence-electron chi connectivity index (χ2n) is 3.77. The van der Waals surface area contributed by atoms with Crippen molar-refractivity contribution in [2.45, 2.75) is 53.4 Å². The van der Waals surface area contributed by atoms with E-state index in [1.165, 1.54) is 25.7 Å². The van der Waals surface area contributed by atoms with Gasteiger partial charge in [0.05, 0.1) is 19.8 Å². The lowest BCUT2D eigenvalue weighted by Gasteiger charge is -2.19. The van der Waals surface area contributed by atoms with Crippen molar-refractivity contribution >= 4 is 8.60 Å². The minimum Gasteiger partial charge on any atom is -0.313 e. The second-order valence-corrected chi connectivity index (χ2v) is 4.99. The lowest BCUT2D eigenvalue weighted by Crippen LogP contribution is -2.08. The fourth-order valence-corrected chi connectivity index (χ4v) is 2.36. The normalized spacial score (nSPS) is 13.3. The summed E-state index contributed by atoms with van der Waals surface area (Å²) in [5.74, 6) is 0.644. The van der Waals surface area contributed by atoms with E-state index >= 15 is 0 Å². The first-order chi connectivity index (χ1) is 7.78. The zero-order valence-corrected chi connectivity index (χ0v) is 12.1. The Morgan fingerprint density at radius 3 is 2.00 bits per heavy atom. The number of hydrogen-bond acceptors (Lipinski definition) is 3. The quantitative estimate of drug-likeness (QED) is 0.505. The Balaban J connectivity index is 3.76. The average molecular weight is 250 g/mol. The van der Waals surface area contributed by atoms with Gasteiger partial charge in [-0.05, 0) is 26.2 Å². The van der Waals surface area contributed by atoms with Crippen molar-refractivity contribution in [3.8, 4) is 0 Å². The van der Waals surface area contributed by atoms with Crippen molar-refractivity contribution in [3.05, 3.63) is 0 Å². The van der Waals surface area contributed by atoms with Gasteiger partial charge in [-0.3, -0.25) is 0 Å². The molecule has 1 unspecified atom stereocenters. The van der Waals surface area contributed by atoms with E-state index in [0.29, 0.717) is 19.1 Å². The predicted octanol–water partition coefficient (Wildman–Crippen LogP) is 4.52. The molecule has 0 aromatic rings. The molecular weight excluding hydrogens is 223 g/mol. The third-order valence-corrected chi connectivity index (χ3v) is 3.73. The Hall–Kier alpha value is 0.310. The van der Waals surface area contributed by atoms with Crippen LogP contribution in [0.4, 0.5) is 0 Å². The third-order valence-electron chi connectivity index (χ3n) is 2.43. The average Bonchev–Trinajstić information content (AvgIpc) is 2.30. The van der Waals surface area contributed by atoms with Crippen LogP contribution in [-0.2, 0) is 13.6 Å². The number of unbranched alkanes of at least 4 members (excludes halogenated alkanes) is 1. The van der Waals surface area contributed by atoms with E-state index in [4.69, 9.17) is 13.6 Å². The molecule has 0 aliphatic rings. The summed E-state index contributed by atoms with van der Waals surface area (Å²) >= 11 is 0. The standard InChI is InChI=1S/C12H27O3P/c1-5-9-10-12(6-2)11-15-16(13-7-3)14-8-4/h12H,5-11H2,1-4H3. The van der Waals surface area contributed by atoms with E-state index in [-0.39, 0.29) is 0 Å². The van der Waals surface area contributed by atoms with Gasteiger partial charge < -0.3 is 13.6 Å². The predicted molar refractivity (Wildman–Crippen MR) is 69.4 cm³/mol. The van der Waals surface area contributed by atoms with Crippen LogP contribution in [0, 0.1) is 5.92 Å². The monoisotopic (exact) mass is 250 g/mol. The molecule has 0 rings (SSSR count). The summed E-state index contributed by atoms with van der Waals surface area (Å²) in [5, 5.41) is 0. The fraction of sp³-hybridized carbons (Fsp3) is 1.00. The molecule has 0 aliphatic heterocycles. The zero-order chi connectivity index (χ0) is 12.2. The van der Waals surface area contributed by atoms with E-state index < -0.39 is 8.60 Å². The van der Waals surface area contributed by atoms with Gasteiger partial charge in [-0.15, -0.1) is 0 Å². The Morgan fingerprint density at radius 1 is 0.938 bits per heavy atom. The van der Waals surface area contributed by atoms with Crippen molar-refractivity contribution in [3.63, 3.8) is 0 Å². The van der Waals surface area contributed by atoms with Gasteiger partial charge in [-0.25, -0.2) is 0 Å². The van der Waals surface area contributed by atoms with Crippen LogP contribution in [0.1, 0.15) is 53.4 Å². The molecule has 0 bridgehead atoms. The van der Waals surface area contributed by atoms with Crippen molar-refractivity contribution < 1.29 is 13.6 Å². The molecule has 98 valence electrons. The SMILES string of the molecule is CCCCC(CC)COP(OCC)OCC. The molecular formula is C12H27O3P. The maximum absolute atomic E-state index is 5.69. The van der Waals surface area contributed by atoms with Gasteiger partial charge in [0.15, 0.2) is 0 Å². The van der Waals surface area contributed by atoms with E-state index in [1.54, 1.807) is 0 Å². The van der Waals surface area contributed by atoms with E-state index in [0.717, 1.165) is 6.61 Å². The van der Waals surface area contributed by atoms with Gasteiger partial charge in [-0.1, -0.05) is 33.1 Å². The summed E-state index contributed by atoms with van der Waals surface area (Å²) in [4.78, 5) is 0. The zero-order valence-electron chi connectivity index (χ0n) is 11.2. The van der Waals surface area contributed by atoms with Crippen LogP contribution in [-0.4, -0.2) is 19.8 Å². The maximum atomic E-state index is 5.69. The molecule has 16 heavy (non-hydrogen) atoms. The van der Waals surface area contributed by atoms with Gasteiger partial charge >= 0.3 is 8.60 Å². The molecule has 0 aromatic carbocycles. The molecule has 4 heteroatoms. The highest BCUT2D eigenvalue weighted by molar-refractivity contribution is 7.41. The number of rotatable bonds is 11. The molecule has 0 amide bonds. The summed E-state index contributed by atoms with van der Waals surface area (Å²) in [6, 6.07) is 0. The van der Waals surface area contributed by atoms with Crippen molar-refractivity contribution in [1.82, 2.24) is 0 Å². The minimum atomic E-state index is -1.11. The van der Waals surface area contributed by atoms with Crippen molar-refractivity contribution in [1.29, 1.82) is 0 Å². The maximum Gasteiger partial charge on any atom is 0.332 e. The van der Waals surface area contributed by atoms with Crippen molar-refractivity contribution in [2.24, 2.45) is 5.92 Å². The van der Waals surface area contributed by atoms with Gasteiger partial charge in [0, 0.05) is 0 Å². The summed E-state index contributed by atoms with van der Waals surface area (Å²) in [5.41, 5.74) is 0. The molecule has 0 aromatic heterocycles. The smallest absolute Gasteiger partial charge is 0.313 e. The first-order valence-electron chi connectivity index (χ1n) is 6.47. The molecule has 0 radical (unpaired) electrons. The lowest BCUT2D eigenvalue weighted by molar-refractivity contribution is 0.146. The first-order valence-corrected chi connectivity index (χ1v) is 7.56. The largest absolute Gasteiger partial charge is 0.332 e. The van der Waals surface area contributed by atoms with E-state index in [9.17, 15) is 0 Å². The highest BCUT2D eigenvalue weighted by atomic mass is 31.2. The lowest BCUT2D eigenvalue weighted by atomic mass is 10.0. The highest BCUT2D eigenvalue weighted by Gasteiger charge is 2.14. The molecule has 1 atom stereocenters. The van der Waals surface area contributed by atoms with Crippen molar-refractivity contribution in [2.75, 3.05) is 19.8 Å². The molecule has 0 saturated carbocycles. The van der Waals surface area contributed by atoms with E-state index in [1.807, 2.05) is 13.8 Å². The van der Waals surface area contributed by atoms with Crippen LogP contribution >= 0.6 is 8.60 Å². The van der Waals surface area contributed by atoms with Crippen LogP contribution < -0.4 is 0 Å². The number of hydrogen-bond donors (Lipinski definition) is 0. The summed E-state index contributed by atoms with van der Waals surface area (Å²) < 4.78 is 16.5. The van der Waals surface area contributed by atoms with Crippen LogP contribution in [0.25, 0.3) is 0 Å². The first kappa shape index (κ1) is 16.3. The Morgan fingerprint density at radius 2 is 1.56 bits per heavy atom. The Bertz CT molecular complexity index is 138.